The van der Waals surface area contributed by atoms with Crippen LogP contribution in [0.1, 0.15) is 56.2 Å². The van der Waals surface area contributed by atoms with Gasteiger partial charge in [-0.3, -0.25) is 4.99 Å². The van der Waals surface area contributed by atoms with E-state index in [-0.39, 0.29) is 0 Å². The highest BCUT2D eigenvalue weighted by Crippen LogP contribution is 2.31. The summed E-state index contributed by atoms with van der Waals surface area (Å²) in [6.07, 6.45) is 18.6. The molecule has 1 aromatic rings. The Labute approximate surface area is 164 Å². The average molecular weight is 361 g/mol. The van der Waals surface area contributed by atoms with Crippen molar-refractivity contribution in [2.75, 3.05) is 13.1 Å². The summed E-state index contributed by atoms with van der Waals surface area (Å²) in [5, 5.41) is 0. The molecule has 1 heterocycles. The first-order valence-corrected chi connectivity index (χ1v) is 10.7. The summed E-state index contributed by atoms with van der Waals surface area (Å²) >= 11 is 0. The Hall–Kier alpha value is -2.09. The lowest BCUT2D eigenvalue weighted by Crippen LogP contribution is -2.39. The molecule has 0 saturated carbocycles. The van der Waals surface area contributed by atoms with Gasteiger partial charge in [0.2, 0.25) is 0 Å². The summed E-state index contributed by atoms with van der Waals surface area (Å²) in [7, 11) is 0. The number of rotatable bonds is 5. The molecule has 3 aliphatic rings. The van der Waals surface area contributed by atoms with E-state index in [0.29, 0.717) is 12.0 Å². The zero-order valence-corrected chi connectivity index (χ0v) is 16.8. The fourth-order valence-corrected chi connectivity index (χ4v) is 4.75. The van der Waals surface area contributed by atoms with Crippen molar-refractivity contribution in [1.29, 1.82) is 0 Å². The van der Waals surface area contributed by atoms with Gasteiger partial charge in [0, 0.05) is 18.5 Å². The Morgan fingerprint density at radius 1 is 1.15 bits per heavy atom. The van der Waals surface area contributed by atoms with Crippen molar-refractivity contribution < 1.29 is 0 Å². The van der Waals surface area contributed by atoms with Crippen molar-refractivity contribution in [1.82, 2.24) is 4.90 Å². The molecule has 0 fully saturated rings. The molecule has 0 aromatic heterocycles. The van der Waals surface area contributed by atoms with Crippen LogP contribution in [-0.4, -0.2) is 29.9 Å². The number of fused-ring (bicyclic) bond motifs is 1. The van der Waals surface area contributed by atoms with Crippen LogP contribution in [0.15, 0.2) is 53.1 Å². The molecule has 142 valence electrons. The number of hydrogen-bond donors (Lipinski definition) is 0. The highest BCUT2D eigenvalue weighted by atomic mass is 15.3. The van der Waals surface area contributed by atoms with E-state index in [1.54, 1.807) is 5.57 Å². The van der Waals surface area contributed by atoms with Crippen molar-refractivity contribution in [3.8, 4) is 0 Å². The van der Waals surface area contributed by atoms with E-state index < -0.39 is 0 Å². The molecular weight excluding hydrogens is 328 g/mol. The molecule has 1 unspecified atom stereocenters. The Kier molecular flexibility index (Phi) is 5.61. The molecule has 0 spiro atoms. The molecule has 1 atom stereocenters. The fourth-order valence-electron chi connectivity index (χ4n) is 4.75. The van der Waals surface area contributed by atoms with Crippen LogP contribution in [-0.2, 0) is 12.8 Å². The molecule has 2 heteroatoms. The Balaban J connectivity index is 1.54. The molecule has 1 aliphatic heterocycles. The third kappa shape index (κ3) is 3.95. The minimum atomic E-state index is 0.486. The number of allylic oxidation sites excluding steroid dienone is 4. The van der Waals surface area contributed by atoms with Gasteiger partial charge >= 0.3 is 0 Å². The van der Waals surface area contributed by atoms with Gasteiger partial charge in [-0.1, -0.05) is 54.2 Å². The number of aliphatic imine (C=N–C) groups is 1. The molecule has 0 saturated heterocycles. The van der Waals surface area contributed by atoms with Crippen LogP contribution >= 0.6 is 0 Å². The molecule has 1 aromatic carbocycles. The maximum atomic E-state index is 4.94. The molecule has 0 N–H and O–H groups in total. The SMILES string of the molecule is CC(C)N1CCN=C1C1CCC=CC=C1CCc1cccc2c1C=CCC2. The van der Waals surface area contributed by atoms with E-state index in [9.17, 15) is 0 Å². The zero-order valence-electron chi connectivity index (χ0n) is 16.8. The monoisotopic (exact) mass is 360 g/mol. The van der Waals surface area contributed by atoms with Crippen molar-refractivity contribution in [2.45, 2.75) is 58.4 Å². The van der Waals surface area contributed by atoms with E-state index in [2.05, 4.69) is 67.3 Å². The Morgan fingerprint density at radius 2 is 2.07 bits per heavy atom. The third-order valence-corrected chi connectivity index (χ3v) is 6.19. The van der Waals surface area contributed by atoms with E-state index in [1.807, 2.05) is 0 Å². The molecule has 0 bridgehead atoms. The highest BCUT2D eigenvalue weighted by Gasteiger charge is 2.29. The first-order chi connectivity index (χ1) is 13.2. The molecule has 0 radical (unpaired) electrons. The molecular formula is C25H32N2. The lowest BCUT2D eigenvalue weighted by atomic mass is 9.86. The number of benzene rings is 1. The lowest BCUT2D eigenvalue weighted by molar-refractivity contribution is 0.363. The van der Waals surface area contributed by atoms with Crippen molar-refractivity contribution in [3.05, 3.63) is 64.8 Å². The summed E-state index contributed by atoms with van der Waals surface area (Å²) in [6, 6.07) is 7.40. The number of hydrogen-bond acceptors (Lipinski definition) is 2. The van der Waals surface area contributed by atoms with Gasteiger partial charge in [-0.25, -0.2) is 0 Å². The smallest absolute Gasteiger partial charge is 0.106 e. The second-order valence-electron chi connectivity index (χ2n) is 8.26. The van der Waals surface area contributed by atoms with Crippen LogP contribution in [0.3, 0.4) is 0 Å². The Bertz CT molecular complexity index is 795. The van der Waals surface area contributed by atoms with Gasteiger partial charge < -0.3 is 4.90 Å². The van der Waals surface area contributed by atoms with Gasteiger partial charge in [-0.05, 0) is 69.1 Å². The number of nitrogens with zero attached hydrogens (tertiary/aromatic N) is 2. The maximum Gasteiger partial charge on any atom is 0.106 e. The van der Waals surface area contributed by atoms with E-state index in [1.165, 1.54) is 41.8 Å². The first kappa shape index (κ1) is 18.3. The molecule has 4 rings (SSSR count). The normalized spacial score (nSPS) is 21.9. The van der Waals surface area contributed by atoms with E-state index in [4.69, 9.17) is 4.99 Å². The molecule has 0 amide bonds. The third-order valence-electron chi connectivity index (χ3n) is 6.19. The van der Waals surface area contributed by atoms with Gasteiger partial charge in [-0.15, -0.1) is 0 Å². The quantitative estimate of drug-likeness (QED) is 0.668. The first-order valence-electron chi connectivity index (χ1n) is 10.7. The topological polar surface area (TPSA) is 15.6 Å². The largest absolute Gasteiger partial charge is 0.356 e. The van der Waals surface area contributed by atoms with Crippen LogP contribution in [0, 0.1) is 5.92 Å². The van der Waals surface area contributed by atoms with Gasteiger partial charge in [0.25, 0.3) is 0 Å². The minimum Gasteiger partial charge on any atom is -0.356 e. The van der Waals surface area contributed by atoms with Crippen molar-refractivity contribution in [3.63, 3.8) is 0 Å². The molecule has 2 aliphatic carbocycles. The number of aryl methyl sites for hydroxylation is 2. The zero-order chi connectivity index (χ0) is 18.6. The highest BCUT2D eigenvalue weighted by molar-refractivity contribution is 5.89. The summed E-state index contributed by atoms with van der Waals surface area (Å²) in [6.45, 7) is 6.63. The lowest BCUT2D eigenvalue weighted by Gasteiger charge is -2.31. The van der Waals surface area contributed by atoms with Crippen molar-refractivity contribution in [2.24, 2.45) is 10.9 Å². The predicted molar refractivity (Wildman–Crippen MR) is 116 cm³/mol. The van der Waals surface area contributed by atoms with Crippen LogP contribution in [0.25, 0.3) is 6.08 Å². The van der Waals surface area contributed by atoms with Gasteiger partial charge in [0.15, 0.2) is 0 Å². The summed E-state index contributed by atoms with van der Waals surface area (Å²) in [5.74, 6) is 1.83. The second-order valence-corrected chi connectivity index (χ2v) is 8.26. The molecule has 27 heavy (non-hydrogen) atoms. The predicted octanol–water partition coefficient (Wildman–Crippen LogP) is 5.59. The van der Waals surface area contributed by atoms with Crippen LogP contribution in [0.2, 0.25) is 0 Å². The minimum absolute atomic E-state index is 0.486. The summed E-state index contributed by atoms with van der Waals surface area (Å²) in [5.41, 5.74) is 6.07. The molecule has 2 nitrogen and oxygen atoms in total. The second kappa shape index (κ2) is 8.29. The van der Waals surface area contributed by atoms with Crippen LogP contribution < -0.4 is 0 Å². The van der Waals surface area contributed by atoms with Gasteiger partial charge in [0.1, 0.15) is 5.84 Å². The van der Waals surface area contributed by atoms with Gasteiger partial charge in [-0.2, -0.15) is 0 Å². The average Bonchev–Trinajstić information content (AvgIpc) is 3.06. The Morgan fingerprint density at radius 3 is 2.96 bits per heavy atom. The summed E-state index contributed by atoms with van der Waals surface area (Å²) < 4.78 is 0. The fraction of sp³-hybridized carbons (Fsp3) is 0.480. The van der Waals surface area contributed by atoms with Crippen LogP contribution in [0.4, 0.5) is 0 Å². The van der Waals surface area contributed by atoms with Crippen LogP contribution in [0.5, 0.6) is 0 Å². The van der Waals surface area contributed by atoms with Crippen molar-refractivity contribution >= 4 is 11.9 Å². The summed E-state index contributed by atoms with van der Waals surface area (Å²) in [4.78, 5) is 7.47. The number of amidine groups is 1. The van der Waals surface area contributed by atoms with Gasteiger partial charge in [0.05, 0.1) is 6.54 Å². The van der Waals surface area contributed by atoms with E-state index in [0.717, 1.165) is 32.4 Å². The standard InChI is InChI=1S/C25H32N2/c1-19(2)27-18-17-26-25(27)24-14-5-3-4-9-22(24)16-15-21-12-8-11-20-10-6-7-13-23(20)21/h3-4,7-9,11-13,19,24H,5-6,10,14-18H2,1-2H3. The van der Waals surface area contributed by atoms with E-state index >= 15 is 0 Å². The maximum absolute atomic E-state index is 4.94.